The first-order valence-corrected chi connectivity index (χ1v) is 5.51. The maximum atomic E-state index is 13.4. The van der Waals surface area contributed by atoms with Gasteiger partial charge >= 0.3 is 0 Å². The summed E-state index contributed by atoms with van der Waals surface area (Å²) in [5.74, 6) is -0.144. The Hall–Kier alpha value is -0.410. The molecule has 0 aliphatic carbocycles. The molecular weight excluding hydrogens is 245 g/mol. The number of nitrogens with two attached hydrogens (primary N) is 1. The molecule has 0 aliphatic rings. The summed E-state index contributed by atoms with van der Waals surface area (Å²) in [6.45, 7) is 4.42. The van der Waals surface area contributed by atoms with Crippen molar-refractivity contribution in [2.75, 3.05) is 6.54 Å². The molecule has 0 saturated heterocycles. The number of rotatable bonds is 3. The molecule has 0 unspecified atom stereocenters. The van der Waals surface area contributed by atoms with Gasteiger partial charge in [-0.15, -0.1) is 0 Å². The van der Waals surface area contributed by atoms with Crippen LogP contribution in [0.15, 0.2) is 10.5 Å². The molecule has 0 fully saturated rings. The van der Waals surface area contributed by atoms with Crippen molar-refractivity contribution in [3.8, 4) is 0 Å². The van der Waals surface area contributed by atoms with Crippen molar-refractivity contribution in [2.45, 2.75) is 26.7 Å². The van der Waals surface area contributed by atoms with Crippen LogP contribution < -0.4 is 5.73 Å². The van der Waals surface area contributed by atoms with Gasteiger partial charge < -0.3 is 5.73 Å². The van der Waals surface area contributed by atoms with E-state index in [-0.39, 0.29) is 5.82 Å². The van der Waals surface area contributed by atoms with Crippen LogP contribution in [0.2, 0.25) is 0 Å². The standard InChI is InChI=1S/C11H15BrFN/c1-7-9(4-3-5-14)6-10(13)8(2)11(7)12/h6H,3-5,14H2,1-2H3. The molecule has 1 aromatic rings. The third-order valence-corrected chi connectivity index (χ3v) is 3.64. The van der Waals surface area contributed by atoms with E-state index in [0.717, 1.165) is 28.4 Å². The highest BCUT2D eigenvalue weighted by Gasteiger charge is 2.09. The average Bonchev–Trinajstić information content (AvgIpc) is 2.18. The van der Waals surface area contributed by atoms with Gasteiger partial charge in [0.15, 0.2) is 0 Å². The predicted molar refractivity (Wildman–Crippen MR) is 60.9 cm³/mol. The lowest BCUT2D eigenvalue weighted by Crippen LogP contribution is -2.03. The summed E-state index contributed by atoms with van der Waals surface area (Å²) >= 11 is 3.40. The Bertz CT molecular complexity index is 337. The molecule has 2 N–H and O–H groups in total. The van der Waals surface area contributed by atoms with Gasteiger partial charge in [0.05, 0.1) is 0 Å². The van der Waals surface area contributed by atoms with Gasteiger partial charge in [0.1, 0.15) is 5.82 Å². The maximum absolute atomic E-state index is 13.4. The molecular formula is C11H15BrFN. The maximum Gasteiger partial charge on any atom is 0.127 e. The molecule has 0 atom stereocenters. The second-order valence-corrected chi connectivity index (χ2v) is 4.27. The molecule has 0 saturated carbocycles. The quantitative estimate of drug-likeness (QED) is 0.887. The monoisotopic (exact) mass is 259 g/mol. The summed E-state index contributed by atoms with van der Waals surface area (Å²) < 4.78 is 14.3. The van der Waals surface area contributed by atoms with Gasteiger partial charge in [0, 0.05) is 4.47 Å². The first-order chi connectivity index (χ1) is 6.57. The summed E-state index contributed by atoms with van der Waals surface area (Å²) in [4.78, 5) is 0. The fourth-order valence-electron chi connectivity index (χ4n) is 1.45. The van der Waals surface area contributed by atoms with Crippen LogP contribution in [0.4, 0.5) is 4.39 Å². The van der Waals surface area contributed by atoms with Crippen molar-refractivity contribution in [3.05, 3.63) is 33.0 Å². The van der Waals surface area contributed by atoms with Gasteiger partial charge in [0.2, 0.25) is 0 Å². The molecule has 0 amide bonds. The number of halogens is 2. The molecule has 0 heterocycles. The van der Waals surface area contributed by atoms with Crippen LogP contribution in [0, 0.1) is 19.7 Å². The van der Waals surface area contributed by atoms with Crippen LogP contribution in [0.5, 0.6) is 0 Å². The lowest BCUT2D eigenvalue weighted by molar-refractivity contribution is 0.613. The van der Waals surface area contributed by atoms with E-state index in [1.54, 1.807) is 13.0 Å². The van der Waals surface area contributed by atoms with Gasteiger partial charge in [0.25, 0.3) is 0 Å². The van der Waals surface area contributed by atoms with E-state index in [1.807, 2.05) is 6.92 Å². The van der Waals surface area contributed by atoms with Gasteiger partial charge in [-0.25, -0.2) is 4.39 Å². The first kappa shape index (κ1) is 11.7. The largest absolute Gasteiger partial charge is 0.330 e. The van der Waals surface area contributed by atoms with Crippen molar-refractivity contribution in [1.29, 1.82) is 0 Å². The normalized spacial score (nSPS) is 10.6. The number of hydrogen-bond donors (Lipinski definition) is 1. The topological polar surface area (TPSA) is 26.0 Å². The van der Waals surface area contributed by atoms with E-state index >= 15 is 0 Å². The van der Waals surface area contributed by atoms with Crippen molar-refractivity contribution < 1.29 is 4.39 Å². The SMILES string of the molecule is Cc1c(F)cc(CCCN)c(C)c1Br. The zero-order chi connectivity index (χ0) is 10.7. The second kappa shape index (κ2) is 4.89. The molecule has 0 aliphatic heterocycles. The minimum absolute atomic E-state index is 0.144. The van der Waals surface area contributed by atoms with Crippen LogP contribution in [-0.4, -0.2) is 6.54 Å². The van der Waals surface area contributed by atoms with Crippen molar-refractivity contribution >= 4 is 15.9 Å². The molecule has 0 aromatic heterocycles. The lowest BCUT2D eigenvalue weighted by atomic mass is 10.0. The third kappa shape index (κ3) is 2.34. The minimum Gasteiger partial charge on any atom is -0.330 e. The highest BCUT2D eigenvalue weighted by molar-refractivity contribution is 9.10. The molecule has 1 rings (SSSR count). The second-order valence-electron chi connectivity index (χ2n) is 3.47. The molecule has 0 spiro atoms. The lowest BCUT2D eigenvalue weighted by Gasteiger charge is -2.10. The first-order valence-electron chi connectivity index (χ1n) is 4.72. The van der Waals surface area contributed by atoms with E-state index in [2.05, 4.69) is 15.9 Å². The Morgan fingerprint density at radius 2 is 2.00 bits per heavy atom. The Kier molecular flexibility index (Phi) is 4.08. The Morgan fingerprint density at radius 3 is 2.57 bits per heavy atom. The van der Waals surface area contributed by atoms with Crippen LogP contribution in [-0.2, 0) is 6.42 Å². The number of hydrogen-bond acceptors (Lipinski definition) is 1. The summed E-state index contributed by atoms with van der Waals surface area (Å²) in [5, 5.41) is 0. The summed E-state index contributed by atoms with van der Waals surface area (Å²) in [7, 11) is 0. The van der Waals surface area contributed by atoms with Gasteiger partial charge in [-0.05, 0) is 56.0 Å². The molecule has 14 heavy (non-hydrogen) atoms. The molecule has 1 nitrogen and oxygen atoms in total. The predicted octanol–water partition coefficient (Wildman–Crippen LogP) is 3.10. The van der Waals surface area contributed by atoms with E-state index in [1.165, 1.54) is 0 Å². The third-order valence-electron chi connectivity index (χ3n) is 2.45. The fourth-order valence-corrected chi connectivity index (χ4v) is 1.89. The van der Waals surface area contributed by atoms with Crippen LogP contribution >= 0.6 is 15.9 Å². The Morgan fingerprint density at radius 1 is 1.36 bits per heavy atom. The van der Waals surface area contributed by atoms with E-state index in [9.17, 15) is 4.39 Å². The Balaban J connectivity index is 3.06. The zero-order valence-electron chi connectivity index (χ0n) is 8.53. The zero-order valence-corrected chi connectivity index (χ0v) is 10.1. The summed E-state index contributed by atoms with van der Waals surface area (Å²) in [6.07, 6.45) is 1.74. The van der Waals surface area contributed by atoms with Crippen LogP contribution in [0.1, 0.15) is 23.1 Å². The number of benzene rings is 1. The minimum atomic E-state index is -0.144. The van der Waals surface area contributed by atoms with Crippen molar-refractivity contribution in [3.63, 3.8) is 0 Å². The fraction of sp³-hybridized carbons (Fsp3) is 0.455. The average molecular weight is 260 g/mol. The highest BCUT2D eigenvalue weighted by atomic mass is 79.9. The molecule has 3 heteroatoms. The van der Waals surface area contributed by atoms with Gasteiger partial charge in [-0.2, -0.15) is 0 Å². The smallest absolute Gasteiger partial charge is 0.127 e. The Labute approximate surface area is 92.6 Å². The molecule has 0 bridgehead atoms. The molecule has 0 radical (unpaired) electrons. The number of aryl methyl sites for hydroxylation is 1. The van der Waals surface area contributed by atoms with Crippen LogP contribution in [0.25, 0.3) is 0 Å². The van der Waals surface area contributed by atoms with E-state index < -0.39 is 0 Å². The van der Waals surface area contributed by atoms with E-state index in [0.29, 0.717) is 12.1 Å². The molecule has 78 valence electrons. The summed E-state index contributed by atoms with van der Waals surface area (Å²) in [5.41, 5.74) is 8.28. The highest BCUT2D eigenvalue weighted by Crippen LogP contribution is 2.27. The van der Waals surface area contributed by atoms with Gasteiger partial charge in [-0.3, -0.25) is 0 Å². The summed E-state index contributed by atoms with van der Waals surface area (Å²) in [6, 6.07) is 1.62. The van der Waals surface area contributed by atoms with E-state index in [4.69, 9.17) is 5.73 Å². The van der Waals surface area contributed by atoms with Gasteiger partial charge in [-0.1, -0.05) is 15.9 Å². The van der Waals surface area contributed by atoms with Crippen LogP contribution in [0.3, 0.4) is 0 Å². The van der Waals surface area contributed by atoms with Crippen molar-refractivity contribution in [2.24, 2.45) is 5.73 Å². The molecule has 1 aromatic carbocycles. The van der Waals surface area contributed by atoms with Crippen molar-refractivity contribution in [1.82, 2.24) is 0 Å².